The largest absolute Gasteiger partial charge is 0.388 e. The van der Waals surface area contributed by atoms with Crippen LogP contribution in [0.1, 0.15) is 24.0 Å². The third kappa shape index (κ3) is 5.74. The lowest BCUT2D eigenvalue weighted by Gasteiger charge is -2.09. The quantitative estimate of drug-likeness (QED) is 0.783. The molecule has 0 aliphatic carbocycles. The van der Waals surface area contributed by atoms with Crippen molar-refractivity contribution in [2.45, 2.75) is 31.8 Å². The number of rotatable bonds is 7. The predicted octanol–water partition coefficient (Wildman–Crippen LogP) is 4.74. The van der Waals surface area contributed by atoms with Gasteiger partial charge in [0.2, 0.25) is 0 Å². The Labute approximate surface area is 131 Å². The van der Waals surface area contributed by atoms with Crippen LogP contribution in [0.5, 0.6) is 0 Å². The molecule has 2 aromatic carbocycles. The van der Waals surface area contributed by atoms with Crippen molar-refractivity contribution in [1.29, 1.82) is 0 Å². The van der Waals surface area contributed by atoms with Crippen molar-refractivity contribution in [2.24, 2.45) is 0 Å². The molecule has 0 aliphatic rings. The number of allylic oxidation sites excluding steroid dienone is 1. The highest BCUT2D eigenvalue weighted by Gasteiger charge is 2.08. The number of hydrogen-bond acceptors (Lipinski definition) is 1. The molecule has 0 aromatic heterocycles. The van der Waals surface area contributed by atoms with Crippen molar-refractivity contribution in [3.05, 3.63) is 82.9 Å². The molecule has 1 N–H and O–H groups in total. The van der Waals surface area contributed by atoms with Crippen LogP contribution >= 0.6 is 11.6 Å². The average Bonchev–Trinajstić information content (AvgIpc) is 2.54. The molecular formula is C19H21ClO. The molecule has 2 rings (SSSR count). The second-order valence-electron chi connectivity index (χ2n) is 5.15. The standard InChI is InChI=1S/C19H21ClO/c20-18(13-7-12-16-8-3-1-4-9-16)19(21)15-14-17-10-5-2-6-11-17/h1-6,8-11,13,19,21H,7,12,14-15H2/b18-13-. The summed E-state index contributed by atoms with van der Waals surface area (Å²) in [4.78, 5) is 0. The van der Waals surface area contributed by atoms with Crippen LogP contribution in [0.3, 0.4) is 0 Å². The summed E-state index contributed by atoms with van der Waals surface area (Å²) >= 11 is 6.17. The van der Waals surface area contributed by atoms with Crippen LogP contribution in [0.25, 0.3) is 0 Å². The van der Waals surface area contributed by atoms with Gasteiger partial charge in [0.15, 0.2) is 0 Å². The van der Waals surface area contributed by atoms with Gasteiger partial charge in [0.25, 0.3) is 0 Å². The van der Waals surface area contributed by atoms with E-state index in [0.717, 1.165) is 19.3 Å². The Kier molecular flexibility index (Phi) is 6.52. The first kappa shape index (κ1) is 15.8. The van der Waals surface area contributed by atoms with Gasteiger partial charge in [-0.2, -0.15) is 0 Å². The Balaban J connectivity index is 1.76. The first-order valence-electron chi connectivity index (χ1n) is 7.37. The molecule has 2 aromatic rings. The summed E-state index contributed by atoms with van der Waals surface area (Å²) < 4.78 is 0. The van der Waals surface area contributed by atoms with Gasteiger partial charge in [-0.15, -0.1) is 0 Å². The molecule has 0 aliphatic heterocycles. The van der Waals surface area contributed by atoms with E-state index >= 15 is 0 Å². The number of benzene rings is 2. The van der Waals surface area contributed by atoms with Crippen LogP contribution in [-0.4, -0.2) is 11.2 Å². The molecule has 1 nitrogen and oxygen atoms in total. The Morgan fingerprint density at radius 2 is 1.43 bits per heavy atom. The number of aliphatic hydroxyl groups excluding tert-OH is 1. The molecule has 21 heavy (non-hydrogen) atoms. The SMILES string of the molecule is OC(CCc1ccccc1)/C(Cl)=C/CCc1ccccc1. The van der Waals surface area contributed by atoms with Crippen LogP contribution in [0, 0.1) is 0 Å². The fourth-order valence-electron chi connectivity index (χ4n) is 2.24. The van der Waals surface area contributed by atoms with E-state index < -0.39 is 6.10 Å². The third-order valence-corrected chi connectivity index (χ3v) is 3.89. The van der Waals surface area contributed by atoms with E-state index in [0.29, 0.717) is 11.5 Å². The smallest absolute Gasteiger partial charge is 0.0895 e. The number of aliphatic hydroxyl groups is 1. The fourth-order valence-corrected chi connectivity index (χ4v) is 2.46. The summed E-state index contributed by atoms with van der Waals surface area (Å²) in [7, 11) is 0. The molecule has 0 spiro atoms. The molecule has 0 radical (unpaired) electrons. The number of hydrogen-bond donors (Lipinski definition) is 1. The molecule has 0 saturated carbocycles. The zero-order valence-corrected chi connectivity index (χ0v) is 12.8. The zero-order valence-electron chi connectivity index (χ0n) is 12.1. The molecule has 0 saturated heterocycles. The number of aryl methyl sites for hydroxylation is 2. The summed E-state index contributed by atoms with van der Waals surface area (Å²) in [6, 6.07) is 20.5. The monoisotopic (exact) mass is 300 g/mol. The molecule has 0 heterocycles. The van der Waals surface area contributed by atoms with Crippen LogP contribution < -0.4 is 0 Å². The van der Waals surface area contributed by atoms with Crippen molar-refractivity contribution in [3.63, 3.8) is 0 Å². The van der Waals surface area contributed by atoms with Gasteiger partial charge < -0.3 is 5.11 Å². The highest BCUT2D eigenvalue weighted by molar-refractivity contribution is 6.30. The number of halogens is 1. The van der Waals surface area contributed by atoms with E-state index in [9.17, 15) is 5.11 Å². The maximum absolute atomic E-state index is 10.1. The molecule has 2 heteroatoms. The Morgan fingerprint density at radius 3 is 2.00 bits per heavy atom. The Bertz CT molecular complexity index is 548. The first-order chi connectivity index (χ1) is 10.3. The van der Waals surface area contributed by atoms with Crippen molar-refractivity contribution < 1.29 is 5.11 Å². The fraction of sp³-hybridized carbons (Fsp3) is 0.263. The minimum absolute atomic E-state index is 0.557. The minimum Gasteiger partial charge on any atom is -0.388 e. The second-order valence-corrected chi connectivity index (χ2v) is 5.59. The summed E-state index contributed by atoms with van der Waals surface area (Å²) in [6.45, 7) is 0. The molecular weight excluding hydrogens is 280 g/mol. The normalized spacial score (nSPS) is 13.1. The van der Waals surface area contributed by atoms with Crippen LogP contribution in [0.4, 0.5) is 0 Å². The summed E-state index contributed by atoms with van der Waals surface area (Å²) in [5.74, 6) is 0. The molecule has 1 atom stereocenters. The van der Waals surface area contributed by atoms with Gasteiger partial charge in [-0.25, -0.2) is 0 Å². The summed E-state index contributed by atoms with van der Waals surface area (Å²) in [5.41, 5.74) is 2.52. The van der Waals surface area contributed by atoms with Crippen molar-refractivity contribution in [2.75, 3.05) is 0 Å². The van der Waals surface area contributed by atoms with Crippen molar-refractivity contribution >= 4 is 11.6 Å². The predicted molar refractivity (Wildman–Crippen MR) is 89.5 cm³/mol. The van der Waals surface area contributed by atoms with Gasteiger partial charge in [0.05, 0.1) is 6.10 Å². The molecule has 110 valence electrons. The lowest BCUT2D eigenvalue weighted by atomic mass is 10.1. The second kappa shape index (κ2) is 8.66. The highest BCUT2D eigenvalue weighted by Crippen LogP contribution is 2.16. The topological polar surface area (TPSA) is 20.2 Å². The van der Waals surface area contributed by atoms with Crippen LogP contribution in [0.15, 0.2) is 71.8 Å². The maximum Gasteiger partial charge on any atom is 0.0895 e. The Hall–Kier alpha value is -1.57. The van der Waals surface area contributed by atoms with Gasteiger partial charge in [-0.05, 0) is 36.8 Å². The van der Waals surface area contributed by atoms with Crippen LogP contribution in [-0.2, 0) is 12.8 Å². The molecule has 0 amide bonds. The van der Waals surface area contributed by atoms with E-state index in [1.807, 2.05) is 42.5 Å². The summed E-state index contributed by atoms with van der Waals surface area (Å²) in [5, 5.41) is 10.6. The molecule has 0 bridgehead atoms. The van der Waals surface area contributed by atoms with E-state index in [4.69, 9.17) is 11.6 Å². The highest BCUT2D eigenvalue weighted by atomic mass is 35.5. The third-order valence-electron chi connectivity index (χ3n) is 3.48. The minimum atomic E-state index is -0.567. The van der Waals surface area contributed by atoms with Crippen LogP contribution in [0.2, 0.25) is 0 Å². The molecule has 1 unspecified atom stereocenters. The molecule has 0 fully saturated rings. The maximum atomic E-state index is 10.1. The van der Waals surface area contributed by atoms with Crippen molar-refractivity contribution in [3.8, 4) is 0 Å². The van der Waals surface area contributed by atoms with E-state index in [2.05, 4.69) is 24.3 Å². The summed E-state index contributed by atoms with van der Waals surface area (Å²) in [6.07, 6.45) is 4.66. The Morgan fingerprint density at radius 1 is 0.905 bits per heavy atom. The van der Waals surface area contributed by atoms with E-state index in [-0.39, 0.29) is 0 Å². The lowest BCUT2D eigenvalue weighted by molar-refractivity contribution is 0.208. The first-order valence-corrected chi connectivity index (χ1v) is 7.75. The van der Waals surface area contributed by atoms with Gasteiger partial charge in [0.1, 0.15) is 0 Å². The van der Waals surface area contributed by atoms with Gasteiger partial charge in [-0.3, -0.25) is 0 Å². The van der Waals surface area contributed by atoms with E-state index in [1.165, 1.54) is 11.1 Å². The lowest BCUT2D eigenvalue weighted by Crippen LogP contribution is -2.08. The van der Waals surface area contributed by atoms with Gasteiger partial charge in [-0.1, -0.05) is 78.3 Å². The van der Waals surface area contributed by atoms with Crippen molar-refractivity contribution in [1.82, 2.24) is 0 Å². The van der Waals surface area contributed by atoms with Gasteiger partial charge >= 0.3 is 0 Å². The van der Waals surface area contributed by atoms with E-state index in [1.54, 1.807) is 0 Å². The zero-order chi connectivity index (χ0) is 14.9. The van der Waals surface area contributed by atoms with Gasteiger partial charge in [0, 0.05) is 5.03 Å². The average molecular weight is 301 g/mol.